The molecule has 0 saturated heterocycles. The first-order chi connectivity index (χ1) is 12.8. The highest BCUT2D eigenvalue weighted by molar-refractivity contribution is 5.90. The second-order valence-corrected chi connectivity index (χ2v) is 7.63. The summed E-state index contributed by atoms with van der Waals surface area (Å²) in [5.41, 5.74) is 2.32. The molecule has 26 heavy (non-hydrogen) atoms. The third kappa shape index (κ3) is 12.1. The molecule has 2 nitrogen and oxygen atoms in total. The third-order valence-electron chi connectivity index (χ3n) is 5.06. The number of anilines is 1. The summed E-state index contributed by atoms with van der Waals surface area (Å²) in [6, 6.07) is 8.43. The molecule has 0 atom stereocenters. The molecule has 1 aromatic rings. The van der Waals surface area contributed by atoms with Crippen molar-refractivity contribution < 1.29 is 4.79 Å². The molecule has 0 spiro atoms. The van der Waals surface area contributed by atoms with Gasteiger partial charge in [0.2, 0.25) is 5.91 Å². The number of aryl methyl sites for hydroxylation is 1. The van der Waals surface area contributed by atoms with Gasteiger partial charge in [-0.2, -0.15) is 0 Å². The SMILES string of the molecule is CCCCCCCCCCc1ccc(NC(=O)CCCCCCC)cc1. The number of hydrogen-bond donors (Lipinski definition) is 1. The maximum absolute atomic E-state index is 12.0. The normalized spacial score (nSPS) is 10.8. The van der Waals surface area contributed by atoms with Crippen molar-refractivity contribution in [2.45, 2.75) is 110 Å². The maximum Gasteiger partial charge on any atom is 0.224 e. The van der Waals surface area contributed by atoms with Gasteiger partial charge in [0, 0.05) is 12.1 Å². The van der Waals surface area contributed by atoms with Crippen molar-refractivity contribution in [1.82, 2.24) is 0 Å². The van der Waals surface area contributed by atoms with Gasteiger partial charge >= 0.3 is 0 Å². The number of hydrogen-bond acceptors (Lipinski definition) is 1. The molecule has 0 aliphatic carbocycles. The lowest BCUT2D eigenvalue weighted by atomic mass is 10.0. The van der Waals surface area contributed by atoms with Crippen molar-refractivity contribution in [1.29, 1.82) is 0 Å². The molecule has 0 aliphatic rings. The lowest BCUT2D eigenvalue weighted by Gasteiger charge is -2.07. The Morgan fingerprint density at radius 3 is 1.77 bits per heavy atom. The van der Waals surface area contributed by atoms with Gasteiger partial charge in [-0.05, 0) is 37.0 Å². The number of benzene rings is 1. The van der Waals surface area contributed by atoms with Crippen molar-refractivity contribution in [3.8, 4) is 0 Å². The Kier molecular flexibility index (Phi) is 13.9. The number of amides is 1. The van der Waals surface area contributed by atoms with Gasteiger partial charge in [0.15, 0.2) is 0 Å². The Balaban J connectivity index is 2.10. The molecular formula is C24H41NO. The first-order valence-corrected chi connectivity index (χ1v) is 11.1. The van der Waals surface area contributed by atoms with Crippen LogP contribution < -0.4 is 5.32 Å². The van der Waals surface area contributed by atoms with Gasteiger partial charge in [0.1, 0.15) is 0 Å². The van der Waals surface area contributed by atoms with E-state index in [4.69, 9.17) is 0 Å². The topological polar surface area (TPSA) is 29.1 Å². The van der Waals surface area contributed by atoms with Crippen LogP contribution in [0.1, 0.15) is 109 Å². The van der Waals surface area contributed by atoms with Crippen LogP contribution in [-0.2, 0) is 11.2 Å². The van der Waals surface area contributed by atoms with Gasteiger partial charge in [-0.25, -0.2) is 0 Å². The van der Waals surface area contributed by atoms with Crippen molar-refractivity contribution >= 4 is 11.6 Å². The lowest BCUT2D eigenvalue weighted by Crippen LogP contribution is -2.10. The van der Waals surface area contributed by atoms with E-state index in [0.29, 0.717) is 6.42 Å². The molecule has 1 N–H and O–H groups in total. The quantitative estimate of drug-likeness (QED) is 0.301. The van der Waals surface area contributed by atoms with Gasteiger partial charge in [0.05, 0.1) is 0 Å². The number of carbonyl (C=O) groups excluding carboxylic acids is 1. The Labute approximate surface area is 162 Å². The molecule has 0 unspecified atom stereocenters. The predicted molar refractivity (Wildman–Crippen MR) is 115 cm³/mol. The van der Waals surface area contributed by atoms with Crippen LogP contribution in [0.5, 0.6) is 0 Å². The predicted octanol–water partition coefficient (Wildman–Crippen LogP) is 7.67. The maximum atomic E-state index is 12.0. The molecule has 2 heteroatoms. The number of rotatable bonds is 16. The minimum atomic E-state index is 0.150. The standard InChI is InChI=1S/C24H41NO/c1-3-5-7-9-10-11-13-14-16-22-18-20-23(21-19-22)25-24(26)17-15-12-8-6-4-2/h18-21H,3-17H2,1-2H3,(H,25,26). The van der Waals surface area contributed by atoms with Crippen LogP contribution in [0.2, 0.25) is 0 Å². The summed E-state index contributed by atoms with van der Waals surface area (Å²) >= 11 is 0. The van der Waals surface area contributed by atoms with Crippen LogP contribution in [0.3, 0.4) is 0 Å². The molecule has 0 bridgehead atoms. The van der Waals surface area contributed by atoms with Crippen molar-refractivity contribution in [3.63, 3.8) is 0 Å². The summed E-state index contributed by atoms with van der Waals surface area (Å²) in [6.07, 6.45) is 18.6. The van der Waals surface area contributed by atoms with E-state index in [1.165, 1.54) is 82.6 Å². The second-order valence-electron chi connectivity index (χ2n) is 7.63. The molecule has 1 rings (SSSR count). The van der Waals surface area contributed by atoms with Gasteiger partial charge in [-0.3, -0.25) is 4.79 Å². The molecule has 148 valence electrons. The van der Waals surface area contributed by atoms with E-state index in [1.807, 2.05) is 0 Å². The van der Waals surface area contributed by atoms with Crippen LogP contribution in [0.4, 0.5) is 5.69 Å². The van der Waals surface area contributed by atoms with Crippen LogP contribution in [-0.4, -0.2) is 5.91 Å². The highest BCUT2D eigenvalue weighted by atomic mass is 16.1. The third-order valence-corrected chi connectivity index (χ3v) is 5.06. The van der Waals surface area contributed by atoms with Crippen LogP contribution in [0.25, 0.3) is 0 Å². The highest BCUT2D eigenvalue weighted by Crippen LogP contribution is 2.15. The summed E-state index contributed by atoms with van der Waals surface area (Å²) in [5.74, 6) is 0.150. The minimum absolute atomic E-state index is 0.150. The number of unbranched alkanes of at least 4 members (excludes halogenated alkanes) is 11. The molecule has 1 amide bonds. The fraction of sp³-hybridized carbons (Fsp3) is 0.708. The van der Waals surface area contributed by atoms with Crippen LogP contribution in [0, 0.1) is 0 Å². The zero-order valence-electron chi connectivity index (χ0n) is 17.3. The van der Waals surface area contributed by atoms with E-state index >= 15 is 0 Å². The fourth-order valence-electron chi connectivity index (χ4n) is 3.33. The van der Waals surface area contributed by atoms with E-state index in [-0.39, 0.29) is 5.91 Å². The van der Waals surface area contributed by atoms with E-state index in [0.717, 1.165) is 18.5 Å². The molecule has 0 heterocycles. The highest BCUT2D eigenvalue weighted by Gasteiger charge is 2.02. The van der Waals surface area contributed by atoms with Crippen molar-refractivity contribution in [2.24, 2.45) is 0 Å². The molecule has 0 radical (unpaired) electrons. The molecular weight excluding hydrogens is 318 g/mol. The van der Waals surface area contributed by atoms with Gasteiger partial charge in [0.25, 0.3) is 0 Å². The van der Waals surface area contributed by atoms with Crippen molar-refractivity contribution in [3.05, 3.63) is 29.8 Å². The summed E-state index contributed by atoms with van der Waals surface area (Å²) in [6.45, 7) is 4.48. The zero-order chi connectivity index (χ0) is 18.9. The lowest BCUT2D eigenvalue weighted by molar-refractivity contribution is -0.116. The first-order valence-electron chi connectivity index (χ1n) is 11.1. The summed E-state index contributed by atoms with van der Waals surface area (Å²) in [7, 11) is 0. The average Bonchev–Trinajstić information content (AvgIpc) is 2.65. The molecule has 1 aromatic carbocycles. The summed E-state index contributed by atoms with van der Waals surface area (Å²) in [5, 5.41) is 3.02. The molecule has 0 fully saturated rings. The van der Waals surface area contributed by atoms with Gasteiger partial charge in [-0.15, -0.1) is 0 Å². The van der Waals surface area contributed by atoms with Crippen molar-refractivity contribution in [2.75, 3.05) is 5.32 Å². The Bertz CT molecular complexity index is 452. The Morgan fingerprint density at radius 1 is 0.692 bits per heavy atom. The Morgan fingerprint density at radius 2 is 1.19 bits per heavy atom. The van der Waals surface area contributed by atoms with Gasteiger partial charge in [-0.1, -0.05) is 96.6 Å². The van der Waals surface area contributed by atoms with E-state index < -0.39 is 0 Å². The van der Waals surface area contributed by atoms with Crippen LogP contribution >= 0.6 is 0 Å². The second kappa shape index (κ2) is 15.9. The van der Waals surface area contributed by atoms with E-state index in [9.17, 15) is 4.79 Å². The largest absolute Gasteiger partial charge is 0.326 e. The van der Waals surface area contributed by atoms with E-state index in [1.54, 1.807) is 0 Å². The first kappa shape index (κ1) is 22.7. The number of carbonyl (C=O) groups is 1. The fourth-order valence-corrected chi connectivity index (χ4v) is 3.33. The zero-order valence-corrected chi connectivity index (χ0v) is 17.3. The molecule has 0 aromatic heterocycles. The Hall–Kier alpha value is -1.31. The van der Waals surface area contributed by atoms with E-state index in [2.05, 4.69) is 43.4 Å². The smallest absolute Gasteiger partial charge is 0.224 e. The molecule has 0 aliphatic heterocycles. The van der Waals surface area contributed by atoms with Gasteiger partial charge < -0.3 is 5.32 Å². The summed E-state index contributed by atoms with van der Waals surface area (Å²) in [4.78, 5) is 12.0. The summed E-state index contributed by atoms with van der Waals surface area (Å²) < 4.78 is 0. The number of nitrogens with one attached hydrogen (secondary N) is 1. The van der Waals surface area contributed by atoms with Crippen LogP contribution in [0.15, 0.2) is 24.3 Å². The molecule has 0 saturated carbocycles. The monoisotopic (exact) mass is 359 g/mol. The minimum Gasteiger partial charge on any atom is -0.326 e. The average molecular weight is 360 g/mol.